The lowest BCUT2D eigenvalue weighted by Gasteiger charge is -2.20. The first-order chi connectivity index (χ1) is 16.5. The molecule has 4 nitrogen and oxygen atoms in total. The molecular weight excluding hydrogens is 489 g/mol. The molecule has 5 rings (SSSR count). The van der Waals surface area contributed by atoms with Crippen molar-refractivity contribution in [2.45, 2.75) is 12.1 Å². The highest BCUT2D eigenvalue weighted by molar-refractivity contribution is 6.31. The number of alkyl halides is 3. The van der Waals surface area contributed by atoms with Crippen molar-refractivity contribution in [3.05, 3.63) is 105 Å². The summed E-state index contributed by atoms with van der Waals surface area (Å²) in [6.07, 6.45) is -3.14. The maximum Gasteiger partial charge on any atom is 0.416 e. The van der Waals surface area contributed by atoms with Gasteiger partial charge in [-0.05, 0) is 71.3 Å². The van der Waals surface area contributed by atoms with Crippen LogP contribution in [0.5, 0.6) is 0 Å². The second kappa shape index (κ2) is 8.13. The van der Waals surface area contributed by atoms with Gasteiger partial charge < -0.3 is 16.0 Å². The predicted molar refractivity (Wildman–Crippen MR) is 122 cm³/mol. The number of H-pyrrole nitrogens is 1. The van der Waals surface area contributed by atoms with Crippen molar-refractivity contribution in [3.8, 4) is 11.1 Å². The Morgan fingerprint density at radius 1 is 0.971 bits per heavy atom. The van der Waals surface area contributed by atoms with Gasteiger partial charge in [-0.3, -0.25) is 4.79 Å². The lowest BCUT2D eigenvalue weighted by atomic mass is 9.90. The monoisotopic (exact) mass is 503 g/mol. The van der Waals surface area contributed by atoms with Crippen LogP contribution in [0, 0.1) is 11.6 Å². The summed E-state index contributed by atoms with van der Waals surface area (Å²) in [5.41, 5.74) is 7.70. The van der Waals surface area contributed by atoms with Crippen LogP contribution in [0.3, 0.4) is 0 Å². The second-order valence-corrected chi connectivity index (χ2v) is 8.52. The number of fused-ring (bicyclic) bond motifs is 3. The highest BCUT2D eigenvalue weighted by Gasteiger charge is 2.36. The van der Waals surface area contributed by atoms with Crippen LogP contribution in [-0.2, 0) is 6.18 Å². The average molecular weight is 504 g/mol. The van der Waals surface area contributed by atoms with E-state index in [9.17, 15) is 26.7 Å². The molecule has 1 aliphatic carbocycles. The predicted octanol–water partition coefficient (Wildman–Crippen LogP) is 6.96. The molecule has 1 aliphatic rings. The molecule has 0 fully saturated rings. The number of anilines is 2. The minimum Gasteiger partial charge on any atom is -0.399 e. The van der Waals surface area contributed by atoms with Crippen molar-refractivity contribution in [2.75, 3.05) is 11.1 Å². The van der Waals surface area contributed by atoms with Crippen molar-refractivity contribution >= 4 is 28.9 Å². The summed E-state index contributed by atoms with van der Waals surface area (Å²) in [6, 6.07) is 10.4. The van der Waals surface area contributed by atoms with E-state index in [1.807, 2.05) is 0 Å². The quantitative estimate of drug-likeness (QED) is 0.184. The van der Waals surface area contributed by atoms with Crippen LogP contribution in [-0.4, -0.2) is 10.9 Å². The molecule has 1 unspecified atom stereocenters. The number of nitrogen functional groups attached to an aromatic ring is 1. The van der Waals surface area contributed by atoms with E-state index in [0.717, 1.165) is 5.56 Å². The molecule has 10 heteroatoms. The molecule has 1 atom stereocenters. The Bertz CT molecular complexity index is 1500. The van der Waals surface area contributed by atoms with Crippen LogP contribution >= 0.6 is 11.6 Å². The van der Waals surface area contributed by atoms with Gasteiger partial charge in [0.25, 0.3) is 5.91 Å². The summed E-state index contributed by atoms with van der Waals surface area (Å²) in [4.78, 5) is 16.1. The van der Waals surface area contributed by atoms with Crippen LogP contribution in [0.4, 0.5) is 33.3 Å². The number of carbonyl (C=O) groups is 1. The summed E-state index contributed by atoms with van der Waals surface area (Å²) in [6.45, 7) is 0. The molecule has 0 spiro atoms. The molecule has 0 bridgehead atoms. The molecule has 0 saturated heterocycles. The van der Waals surface area contributed by atoms with Gasteiger partial charge in [-0.1, -0.05) is 11.6 Å². The highest BCUT2D eigenvalue weighted by atomic mass is 35.5. The van der Waals surface area contributed by atoms with Gasteiger partial charge in [0.05, 0.1) is 11.5 Å². The molecule has 4 aromatic rings. The number of aromatic amines is 1. The standard InChI is InChI=1S/C25H15ClF5N3O/c26-19-2-1-13(27)8-18(19)22-21-17(16-3-4-33-23(16)22)9-15(32)10-20(21)34-24(35)11-5-12(25(29,30)31)7-14(28)6-11/h1-10,22,33H,32H2,(H,34,35). The van der Waals surface area contributed by atoms with Crippen LogP contribution < -0.4 is 11.1 Å². The number of hydrogen-bond acceptors (Lipinski definition) is 2. The van der Waals surface area contributed by atoms with Crippen molar-refractivity contribution in [2.24, 2.45) is 0 Å². The summed E-state index contributed by atoms with van der Waals surface area (Å²) < 4.78 is 67.5. The van der Waals surface area contributed by atoms with Gasteiger partial charge in [0.15, 0.2) is 0 Å². The van der Waals surface area contributed by atoms with E-state index in [2.05, 4.69) is 10.3 Å². The number of aromatic nitrogens is 1. The molecule has 4 N–H and O–H groups in total. The van der Waals surface area contributed by atoms with Crippen LogP contribution in [0.2, 0.25) is 5.02 Å². The Morgan fingerprint density at radius 3 is 2.49 bits per heavy atom. The smallest absolute Gasteiger partial charge is 0.399 e. The van der Waals surface area contributed by atoms with Crippen molar-refractivity contribution in [1.29, 1.82) is 0 Å². The number of rotatable bonds is 3. The minimum atomic E-state index is -4.84. The Balaban J connectivity index is 1.64. The number of nitrogens with two attached hydrogens (primary N) is 1. The van der Waals surface area contributed by atoms with Gasteiger partial charge in [0, 0.05) is 39.4 Å². The number of nitrogens with one attached hydrogen (secondary N) is 2. The fourth-order valence-corrected chi connectivity index (χ4v) is 4.67. The van der Waals surface area contributed by atoms with E-state index >= 15 is 0 Å². The van der Waals surface area contributed by atoms with E-state index in [4.69, 9.17) is 17.3 Å². The molecular formula is C25H15ClF5N3O. The van der Waals surface area contributed by atoms with E-state index in [-0.39, 0.29) is 16.4 Å². The molecule has 0 saturated carbocycles. The normalized spacial score (nSPS) is 14.5. The number of halogens is 6. The Labute approximate surface area is 200 Å². The first-order valence-corrected chi connectivity index (χ1v) is 10.7. The lowest BCUT2D eigenvalue weighted by Crippen LogP contribution is -2.17. The summed E-state index contributed by atoms with van der Waals surface area (Å²) in [7, 11) is 0. The summed E-state index contributed by atoms with van der Waals surface area (Å²) in [5, 5.41) is 2.84. The van der Waals surface area contributed by atoms with Crippen molar-refractivity contribution in [1.82, 2.24) is 4.98 Å². The van der Waals surface area contributed by atoms with Gasteiger partial charge in [-0.2, -0.15) is 13.2 Å². The third kappa shape index (κ3) is 4.01. The van der Waals surface area contributed by atoms with Crippen LogP contribution in [0.25, 0.3) is 11.1 Å². The summed E-state index contributed by atoms with van der Waals surface area (Å²) in [5.74, 6) is -3.33. The van der Waals surface area contributed by atoms with Crippen molar-refractivity contribution < 1.29 is 26.7 Å². The minimum absolute atomic E-state index is 0.178. The maximum atomic E-state index is 14.2. The molecule has 1 amide bonds. The molecule has 35 heavy (non-hydrogen) atoms. The Kier molecular flexibility index (Phi) is 5.32. The SMILES string of the molecule is Nc1cc(NC(=O)c2cc(F)cc(C(F)(F)F)c2)c2c(c1)-c1cc[nH]c1C2c1cc(F)ccc1Cl. The molecule has 0 radical (unpaired) electrons. The van der Waals surface area contributed by atoms with E-state index in [0.29, 0.717) is 40.6 Å². The molecule has 1 heterocycles. The van der Waals surface area contributed by atoms with Crippen molar-refractivity contribution in [3.63, 3.8) is 0 Å². The summed E-state index contributed by atoms with van der Waals surface area (Å²) >= 11 is 6.40. The average Bonchev–Trinajstić information content (AvgIpc) is 3.36. The van der Waals surface area contributed by atoms with Gasteiger partial charge in [0.2, 0.25) is 0 Å². The lowest BCUT2D eigenvalue weighted by molar-refractivity contribution is -0.137. The number of hydrogen-bond donors (Lipinski definition) is 3. The fraction of sp³-hybridized carbons (Fsp3) is 0.0800. The fourth-order valence-electron chi connectivity index (χ4n) is 4.44. The third-order valence-corrected chi connectivity index (χ3v) is 6.20. The zero-order chi connectivity index (χ0) is 25.1. The van der Waals surface area contributed by atoms with Gasteiger partial charge in [-0.25, -0.2) is 8.78 Å². The van der Waals surface area contributed by atoms with Gasteiger partial charge >= 0.3 is 6.18 Å². The molecule has 0 aliphatic heterocycles. The maximum absolute atomic E-state index is 14.2. The van der Waals surface area contributed by atoms with E-state index < -0.39 is 40.8 Å². The molecule has 3 aromatic carbocycles. The second-order valence-electron chi connectivity index (χ2n) is 8.11. The first kappa shape index (κ1) is 22.9. The zero-order valence-corrected chi connectivity index (χ0v) is 18.4. The van der Waals surface area contributed by atoms with Gasteiger partial charge in [0.1, 0.15) is 11.6 Å². The topological polar surface area (TPSA) is 70.9 Å². The van der Waals surface area contributed by atoms with E-state index in [1.165, 1.54) is 24.3 Å². The number of carbonyl (C=O) groups excluding carboxylic acids is 1. The molecule has 178 valence electrons. The van der Waals surface area contributed by atoms with Crippen LogP contribution in [0.1, 0.15) is 38.7 Å². The van der Waals surface area contributed by atoms with Gasteiger partial charge in [-0.15, -0.1) is 0 Å². The largest absolute Gasteiger partial charge is 0.416 e. The van der Waals surface area contributed by atoms with E-state index in [1.54, 1.807) is 18.3 Å². The number of amides is 1. The number of benzene rings is 3. The Hall–Kier alpha value is -3.85. The zero-order valence-electron chi connectivity index (χ0n) is 17.6. The first-order valence-electron chi connectivity index (χ1n) is 10.3. The highest BCUT2D eigenvalue weighted by Crippen LogP contribution is 2.52. The Morgan fingerprint density at radius 2 is 1.74 bits per heavy atom. The third-order valence-electron chi connectivity index (χ3n) is 5.85. The van der Waals surface area contributed by atoms with Crippen LogP contribution in [0.15, 0.2) is 60.8 Å². The molecule has 1 aromatic heterocycles.